The fraction of sp³-hybridized carbons (Fsp3) is 0.312. The monoisotopic (exact) mass is 316 g/mol. The van der Waals surface area contributed by atoms with Crippen LogP contribution in [0.4, 0.5) is 5.82 Å². The molecule has 0 radical (unpaired) electrons. The normalized spacial score (nSPS) is 12.0. The maximum absolute atomic E-state index is 12.1. The Kier molecular flexibility index (Phi) is 5.38. The molecular formula is C16H20N4OS. The number of carbonyl (C=O) groups is 1. The summed E-state index contributed by atoms with van der Waals surface area (Å²) >= 11 is 1.30. The maximum Gasteiger partial charge on any atom is 0.233 e. The highest BCUT2D eigenvalue weighted by atomic mass is 32.2. The van der Waals surface area contributed by atoms with E-state index in [0.29, 0.717) is 17.5 Å². The van der Waals surface area contributed by atoms with Gasteiger partial charge in [0.15, 0.2) is 5.16 Å². The van der Waals surface area contributed by atoms with Crippen molar-refractivity contribution in [2.75, 3.05) is 5.73 Å². The van der Waals surface area contributed by atoms with Gasteiger partial charge < -0.3 is 11.1 Å². The van der Waals surface area contributed by atoms with Crippen molar-refractivity contribution < 1.29 is 4.79 Å². The molecule has 0 saturated carbocycles. The second-order valence-electron chi connectivity index (χ2n) is 5.18. The molecular weight excluding hydrogens is 296 g/mol. The van der Waals surface area contributed by atoms with Gasteiger partial charge in [0.05, 0.1) is 5.25 Å². The lowest BCUT2D eigenvalue weighted by Gasteiger charge is -2.11. The number of nitrogens with zero attached hydrogens (tertiary/aromatic N) is 2. The van der Waals surface area contributed by atoms with E-state index in [-0.39, 0.29) is 11.2 Å². The molecule has 22 heavy (non-hydrogen) atoms. The third kappa shape index (κ3) is 4.73. The second-order valence-corrected chi connectivity index (χ2v) is 6.49. The summed E-state index contributed by atoms with van der Waals surface area (Å²) in [4.78, 5) is 20.5. The first-order valence-electron chi connectivity index (χ1n) is 7.05. The number of amides is 1. The van der Waals surface area contributed by atoms with Crippen LogP contribution in [0, 0.1) is 13.8 Å². The summed E-state index contributed by atoms with van der Waals surface area (Å²) in [5.74, 6) is 0.372. The van der Waals surface area contributed by atoms with Gasteiger partial charge in [-0.2, -0.15) is 0 Å². The van der Waals surface area contributed by atoms with Gasteiger partial charge in [0.2, 0.25) is 5.91 Å². The van der Waals surface area contributed by atoms with Crippen LogP contribution in [0.2, 0.25) is 0 Å². The van der Waals surface area contributed by atoms with Crippen molar-refractivity contribution in [2.45, 2.75) is 37.7 Å². The number of rotatable bonds is 5. The van der Waals surface area contributed by atoms with E-state index in [1.165, 1.54) is 17.3 Å². The largest absolute Gasteiger partial charge is 0.384 e. The van der Waals surface area contributed by atoms with E-state index in [4.69, 9.17) is 5.73 Å². The third-order valence-electron chi connectivity index (χ3n) is 3.09. The Hall–Kier alpha value is -2.08. The van der Waals surface area contributed by atoms with E-state index < -0.39 is 0 Å². The zero-order valence-corrected chi connectivity index (χ0v) is 13.8. The zero-order chi connectivity index (χ0) is 16.1. The number of aromatic nitrogens is 2. The smallest absolute Gasteiger partial charge is 0.233 e. The van der Waals surface area contributed by atoms with Crippen molar-refractivity contribution in [1.29, 1.82) is 0 Å². The molecule has 0 spiro atoms. The molecule has 1 atom stereocenters. The quantitative estimate of drug-likeness (QED) is 0.654. The molecule has 1 heterocycles. The molecule has 3 N–H and O–H groups in total. The highest BCUT2D eigenvalue weighted by molar-refractivity contribution is 8.00. The van der Waals surface area contributed by atoms with Crippen LogP contribution in [0.25, 0.3) is 0 Å². The lowest BCUT2D eigenvalue weighted by atomic mass is 10.1. The predicted molar refractivity (Wildman–Crippen MR) is 89.5 cm³/mol. The minimum atomic E-state index is -0.286. The van der Waals surface area contributed by atoms with Crippen LogP contribution < -0.4 is 11.1 Å². The van der Waals surface area contributed by atoms with E-state index >= 15 is 0 Å². The van der Waals surface area contributed by atoms with Crippen LogP contribution >= 0.6 is 11.8 Å². The molecule has 5 nitrogen and oxygen atoms in total. The number of nitrogen functional groups attached to an aromatic ring is 1. The Labute approximate surface area is 134 Å². The molecule has 2 aromatic rings. The topological polar surface area (TPSA) is 80.9 Å². The number of carbonyl (C=O) groups excluding carboxylic acids is 1. The van der Waals surface area contributed by atoms with Gasteiger partial charge in [-0.3, -0.25) is 4.79 Å². The molecule has 0 bridgehead atoms. The Morgan fingerprint density at radius 2 is 1.95 bits per heavy atom. The Morgan fingerprint density at radius 3 is 2.59 bits per heavy atom. The number of anilines is 1. The SMILES string of the molecule is Cc1ccc(CNC(=O)[C@H](C)Sc2nc(C)cc(N)n2)cc1. The third-order valence-corrected chi connectivity index (χ3v) is 4.05. The average Bonchev–Trinajstić information content (AvgIpc) is 2.45. The first-order chi connectivity index (χ1) is 10.4. The van der Waals surface area contributed by atoms with Gasteiger partial charge in [0.1, 0.15) is 5.82 Å². The first kappa shape index (κ1) is 16.3. The molecule has 116 valence electrons. The van der Waals surface area contributed by atoms with Crippen molar-refractivity contribution in [2.24, 2.45) is 0 Å². The summed E-state index contributed by atoms with van der Waals surface area (Å²) in [5.41, 5.74) is 8.77. The van der Waals surface area contributed by atoms with Gasteiger partial charge in [0, 0.05) is 18.3 Å². The van der Waals surface area contributed by atoms with Crippen LogP contribution in [0.3, 0.4) is 0 Å². The van der Waals surface area contributed by atoms with Crippen LogP contribution in [0.1, 0.15) is 23.7 Å². The Morgan fingerprint density at radius 1 is 1.27 bits per heavy atom. The lowest BCUT2D eigenvalue weighted by molar-refractivity contribution is -0.120. The summed E-state index contributed by atoms with van der Waals surface area (Å²) in [6, 6.07) is 9.79. The molecule has 2 rings (SSSR count). The summed E-state index contributed by atoms with van der Waals surface area (Å²) < 4.78 is 0. The molecule has 0 aliphatic rings. The zero-order valence-electron chi connectivity index (χ0n) is 13.0. The number of nitrogens with one attached hydrogen (secondary N) is 1. The molecule has 1 amide bonds. The average molecular weight is 316 g/mol. The minimum Gasteiger partial charge on any atom is -0.384 e. The van der Waals surface area contributed by atoms with Crippen molar-refractivity contribution in [3.8, 4) is 0 Å². The molecule has 1 aromatic heterocycles. The van der Waals surface area contributed by atoms with Gasteiger partial charge in [-0.15, -0.1) is 0 Å². The minimum absolute atomic E-state index is 0.0470. The molecule has 1 aromatic carbocycles. The fourth-order valence-electron chi connectivity index (χ4n) is 1.87. The van der Waals surface area contributed by atoms with Crippen molar-refractivity contribution in [3.63, 3.8) is 0 Å². The van der Waals surface area contributed by atoms with Gasteiger partial charge >= 0.3 is 0 Å². The second kappa shape index (κ2) is 7.26. The molecule has 0 aliphatic heterocycles. The summed E-state index contributed by atoms with van der Waals surface area (Å²) in [6.07, 6.45) is 0. The molecule has 0 unspecified atom stereocenters. The fourth-order valence-corrected chi connectivity index (χ4v) is 2.73. The van der Waals surface area contributed by atoms with E-state index in [1.54, 1.807) is 6.07 Å². The van der Waals surface area contributed by atoms with Crippen molar-refractivity contribution in [1.82, 2.24) is 15.3 Å². The van der Waals surface area contributed by atoms with Crippen LogP contribution in [-0.4, -0.2) is 21.1 Å². The van der Waals surface area contributed by atoms with Crippen LogP contribution in [0.15, 0.2) is 35.5 Å². The number of aryl methyl sites for hydroxylation is 2. The molecule has 0 fully saturated rings. The van der Waals surface area contributed by atoms with Crippen LogP contribution in [-0.2, 0) is 11.3 Å². The van der Waals surface area contributed by atoms with E-state index in [1.807, 2.05) is 45.0 Å². The van der Waals surface area contributed by atoms with Gasteiger partial charge in [-0.1, -0.05) is 41.6 Å². The van der Waals surface area contributed by atoms with Gasteiger partial charge in [-0.25, -0.2) is 9.97 Å². The molecule has 0 aliphatic carbocycles. The highest BCUT2D eigenvalue weighted by Crippen LogP contribution is 2.20. The lowest BCUT2D eigenvalue weighted by Crippen LogP contribution is -2.30. The van der Waals surface area contributed by atoms with Gasteiger partial charge in [-0.05, 0) is 26.3 Å². The summed E-state index contributed by atoms with van der Waals surface area (Å²) in [6.45, 7) is 6.23. The summed E-state index contributed by atoms with van der Waals surface area (Å²) in [5, 5.41) is 3.16. The van der Waals surface area contributed by atoms with E-state index in [9.17, 15) is 4.79 Å². The standard InChI is InChI=1S/C16H20N4OS/c1-10-4-6-13(7-5-10)9-18-15(21)12(3)22-16-19-11(2)8-14(17)20-16/h4-8,12H,9H2,1-3H3,(H,18,21)(H2,17,19,20)/t12-/m0/s1. The number of nitrogens with two attached hydrogens (primary N) is 1. The van der Waals surface area contributed by atoms with Crippen molar-refractivity contribution in [3.05, 3.63) is 47.2 Å². The Bertz CT molecular complexity index is 637. The number of hydrogen-bond donors (Lipinski definition) is 2. The predicted octanol–water partition coefficient (Wildman–Crippen LogP) is 2.47. The number of hydrogen-bond acceptors (Lipinski definition) is 5. The Balaban J connectivity index is 1.90. The first-order valence-corrected chi connectivity index (χ1v) is 7.93. The van der Waals surface area contributed by atoms with E-state index in [0.717, 1.165) is 11.3 Å². The van der Waals surface area contributed by atoms with Gasteiger partial charge in [0.25, 0.3) is 0 Å². The molecule has 6 heteroatoms. The number of benzene rings is 1. The maximum atomic E-state index is 12.1. The highest BCUT2D eigenvalue weighted by Gasteiger charge is 2.16. The van der Waals surface area contributed by atoms with Crippen LogP contribution in [0.5, 0.6) is 0 Å². The number of thioether (sulfide) groups is 1. The summed E-state index contributed by atoms with van der Waals surface area (Å²) in [7, 11) is 0. The molecule has 0 saturated heterocycles. The van der Waals surface area contributed by atoms with Crippen molar-refractivity contribution >= 4 is 23.5 Å². The van der Waals surface area contributed by atoms with E-state index in [2.05, 4.69) is 15.3 Å².